The lowest BCUT2D eigenvalue weighted by molar-refractivity contribution is 0.154. The van der Waals surface area contributed by atoms with Gasteiger partial charge in [0.25, 0.3) is 0 Å². The van der Waals surface area contributed by atoms with Crippen LogP contribution >= 0.6 is 0 Å². The Labute approximate surface area is 112 Å². The Morgan fingerprint density at radius 1 is 1.22 bits per heavy atom. The molecule has 1 aromatic rings. The average Bonchev–Trinajstić information content (AvgIpc) is 2.38. The van der Waals surface area contributed by atoms with Crippen molar-refractivity contribution in [1.29, 1.82) is 0 Å². The van der Waals surface area contributed by atoms with Gasteiger partial charge in [-0.1, -0.05) is 63.9 Å². The van der Waals surface area contributed by atoms with Crippen LogP contribution in [0.5, 0.6) is 0 Å². The van der Waals surface area contributed by atoms with Gasteiger partial charge in [0, 0.05) is 12.1 Å². The normalized spacial score (nSPS) is 24.7. The second-order valence-corrected chi connectivity index (χ2v) is 6.33. The molecule has 100 valence electrons. The lowest BCUT2D eigenvalue weighted by Crippen LogP contribution is -2.45. The Morgan fingerprint density at radius 3 is 2.56 bits per heavy atom. The highest BCUT2D eigenvalue weighted by atomic mass is 15.0. The Balaban J connectivity index is 2.06. The molecule has 0 heterocycles. The summed E-state index contributed by atoms with van der Waals surface area (Å²) < 4.78 is 0. The van der Waals surface area contributed by atoms with E-state index in [1.807, 2.05) is 0 Å². The molecule has 2 unspecified atom stereocenters. The first-order chi connectivity index (χ1) is 8.63. The van der Waals surface area contributed by atoms with Crippen LogP contribution in [0.15, 0.2) is 30.3 Å². The van der Waals surface area contributed by atoms with Crippen molar-refractivity contribution in [2.24, 2.45) is 5.41 Å². The molecular weight excluding hydrogens is 218 g/mol. The van der Waals surface area contributed by atoms with Crippen LogP contribution in [0.4, 0.5) is 0 Å². The van der Waals surface area contributed by atoms with Crippen molar-refractivity contribution in [3.63, 3.8) is 0 Å². The van der Waals surface area contributed by atoms with E-state index < -0.39 is 0 Å². The Bertz CT molecular complexity index is 355. The van der Waals surface area contributed by atoms with Crippen molar-refractivity contribution >= 4 is 0 Å². The summed E-state index contributed by atoms with van der Waals surface area (Å²) in [6, 6.07) is 12.1. The monoisotopic (exact) mass is 245 g/mol. The van der Waals surface area contributed by atoms with Crippen LogP contribution < -0.4 is 5.32 Å². The minimum absolute atomic E-state index is 0.445. The summed E-state index contributed by atoms with van der Waals surface area (Å²) in [6.45, 7) is 7.11. The highest BCUT2D eigenvalue weighted by molar-refractivity contribution is 5.19. The van der Waals surface area contributed by atoms with Crippen LogP contribution in [0, 0.1) is 5.41 Å². The maximum absolute atomic E-state index is 3.91. The van der Waals surface area contributed by atoms with Crippen LogP contribution in [-0.2, 0) is 0 Å². The highest BCUT2D eigenvalue weighted by Gasteiger charge is 2.33. The number of hydrogen-bond donors (Lipinski definition) is 1. The van der Waals surface area contributed by atoms with Gasteiger partial charge in [-0.05, 0) is 30.2 Å². The maximum Gasteiger partial charge on any atom is 0.0320 e. The van der Waals surface area contributed by atoms with E-state index in [0.29, 0.717) is 17.5 Å². The van der Waals surface area contributed by atoms with Gasteiger partial charge in [-0.2, -0.15) is 0 Å². The highest BCUT2D eigenvalue weighted by Crippen LogP contribution is 2.37. The molecule has 1 N–H and O–H groups in total. The van der Waals surface area contributed by atoms with Crippen LogP contribution in [0.1, 0.15) is 64.5 Å². The van der Waals surface area contributed by atoms with Gasteiger partial charge in [-0.3, -0.25) is 0 Å². The summed E-state index contributed by atoms with van der Waals surface area (Å²) in [5, 5.41) is 3.91. The largest absolute Gasteiger partial charge is 0.307 e. The molecule has 1 fully saturated rings. The van der Waals surface area contributed by atoms with E-state index in [4.69, 9.17) is 0 Å². The first-order valence-electron chi connectivity index (χ1n) is 7.44. The van der Waals surface area contributed by atoms with E-state index in [1.54, 1.807) is 0 Å². The van der Waals surface area contributed by atoms with Gasteiger partial charge in [0.1, 0.15) is 0 Å². The SMILES string of the molecule is CCC(NC1CCCCC1(C)C)c1ccccc1. The van der Waals surface area contributed by atoms with Gasteiger partial charge in [0.15, 0.2) is 0 Å². The summed E-state index contributed by atoms with van der Waals surface area (Å²) in [7, 11) is 0. The predicted octanol–water partition coefficient (Wildman–Crippen LogP) is 4.70. The fourth-order valence-electron chi connectivity index (χ4n) is 3.18. The summed E-state index contributed by atoms with van der Waals surface area (Å²) in [4.78, 5) is 0. The molecule has 1 saturated carbocycles. The lowest BCUT2D eigenvalue weighted by atomic mass is 9.73. The fraction of sp³-hybridized carbons (Fsp3) is 0.647. The molecule has 1 aliphatic carbocycles. The molecule has 0 amide bonds. The second-order valence-electron chi connectivity index (χ2n) is 6.33. The fourth-order valence-corrected chi connectivity index (χ4v) is 3.18. The zero-order valence-corrected chi connectivity index (χ0v) is 12.1. The van der Waals surface area contributed by atoms with Gasteiger partial charge in [-0.15, -0.1) is 0 Å². The topological polar surface area (TPSA) is 12.0 Å². The van der Waals surface area contributed by atoms with E-state index in [9.17, 15) is 0 Å². The van der Waals surface area contributed by atoms with Gasteiger partial charge in [-0.25, -0.2) is 0 Å². The van der Waals surface area contributed by atoms with Crippen LogP contribution in [0.25, 0.3) is 0 Å². The standard InChI is InChI=1S/C17H27N/c1-4-15(14-10-6-5-7-11-14)18-16-12-8-9-13-17(16,2)3/h5-7,10-11,15-16,18H,4,8-9,12-13H2,1-3H3. The molecule has 2 rings (SSSR count). The van der Waals surface area contributed by atoms with Crippen molar-refractivity contribution < 1.29 is 0 Å². The van der Waals surface area contributed by atoms with Crippen molar-refractivity contribution in [2.45, 2.75) is 65.0 Å². The first kappa shape index (κ1) is 13.6. The number of nitrogens with one attached hydrogen (secondary N) is 1. The molecule has 0 aromatic heterocycles. The third-order valence-electron chi connectivity index (χ3n) is 4.52. The minimum atomic E-state index is 0.445. The van der Waals surface area contributed by atoms with Gasteiger partial charge >= 0.3 is 0 Å². The molecule has 1 heteroatoms. The third kappa shape index (κ3) is 3.14. The molecule has 1 aromatic carbocycles. The third-order valence-corrected chi connectivity index (χ3v) is 4.52. The van der Waals surface area contributed by atoms with Crippen LogP contribution in [0.3, 0.4) is 0 Å². The van der Waals surface area contributed by atoms with Crippen molar-refractivity contribution in [3.05, 3.63) is 35.9 Å². The zero-order chi connectivity index (χ0) is 13.0. The number of benzene rings is 1. The van der Waals surface area contributed by atoms with E-state index in [2.05, 4.69) is 56.4 Å². The van der Waals surface area contributed by atoms with Crippen LogP contribution in [-0.4, -0.2) is 6.04 Å². The zero-order valence-electron chi connectivity index (χ0n) is 12.1. The smallest absolute Gasteiger partial charge is 0.0320 e. The van der Waals surface area contributed by atoms with E-state index in [1.165, 1.54) is 31.2 Å². The Morgan fingerprint density at radius 2 is 1.94 bits per heavy atom. The molecule has 0 radical (unpaired) electrons. The lowest BCUT2D eigenvalue weighted by Gasteiger charge is -2.41. The average molecular weight is 245 g/mol. The summed E-state index contributed by atoms with van der Waals surface area (Å²) in [6.07, 6.45) is 6.63. The molecule has 0 bridgehead atoms. The molecule has 2 atom stereocenters. The molecule has 18 heavy (non-hydrogen) atoms. The number of hydrogen-bond acceptors (Lipinski definition) is 1. The summed E-state index contributed by atoms with van der Waals surface area (Å²) in [5.41, 5.74) is 1.88. The van der Waals surface area contributed by atoms with Gasteiger partial charge < -0.3 is 5.32 Å². The first-order valence-corrected chi connectivity index (χ1v) is 7.44. The molecule has 1 aliphatic rings. The Hall–Kier alpha value is -0.820. The molecule has 0 spiro atoms. The van der Waals surface area contributed by atoms with Gasteiger partial charge in [0.05, 0.1) is 0 Å². The predicted molar refractivity (Wildman–Crippen MR) is 78.6 cm³/mol. The van der Waals surface area contributed by atoms with Gasteiger partial charge in [0.2, 0.25) is 0 Å². The van der Waals surface area contributed by atoms with Crippen molar-refractivity contribution in [1.82, 2.24) is 5.32 Å². The van der Waals surface area contributed by atoms with E-state index >= 15 is 0 Å². The molecule has 0 aliphatic heterocycles. The molecular formula is C17H27N. The summed E-state index contributed by atoms with van der Waals surface area (Å²) >= 11 is 0. The second kappa shape index (κ2) is 5.88. The molecule has 1 nitrogen and oxygen atoms in total. The quantitative estimate of drug-likeness (QED) is 0.811. The number of rotatable bonds is 4. The summed E-state index contributed by atoms with van der Waals surface area (Å²) in [5.74, 6) is 0. The van der Waals surface area contributed by atoms with E-state index in [0.717, 1.165) is 6.42 Å². The Kier molecular flexibility index (Phi) is 4.45. The van der Waals surface area contributed by atoms with E-state index in [-0.39, 0.29) is 0 Å². The van der Waals surface area contributed by atoms with Crippen molar-refractivity contribution in [2.75, 3.05) is 0 Å². The minimum Gasteiger partial charge on any atom is -0.307 e. The van der Waals surface area contributed by atoms with Crippen LogP contribution in [0.2, 0.25) is 0 Å². The van der Waals surface area contributed by atoms with Crippen molar-refractivity contribution in [3.8, 4) is 0 Å². The molecule has 0 saturated heterocycles. The maximum atomic E-state index is 3.91.